The normalized spacial score (nSPS) is 14.7. The molecule has 0 aliphatic carbocycles. The molecular formula is C25H27N3O5S. The van der Waals surface area contributed by atoms with E-state index in [4.69, 9.17) is 9.47 Å². The number of pyridine rings is 1. The summed E-state index contributed by atoms with van der Waals surface area (Å²) in [6.45, 7) is 1.06. The molecule has 1 aliphatic heterocycles. The average Bonchev–Trinajstić information content (AvgIpc) is 3.16. The summed E-state index contributed by atoms with van der Waals surface area (Å²) in [5.74, 6) is 1.08. The Morgan fingerprint density at radius 3 is 2.21 bits per heavy atom. The minimum Gasteiger partial charge on any atom is -0.497 e. The summed E-state index contributed by atoms with van der Waals surface area (Å²) in [5, 5.41) is 2.79. The highest BCUT2D eigenvalue weighted by atomic mass is 32.2. The molecule has 0 unspecified atom stereocenters. The van der Waals surface area contributed by atoms with Gasteiger partial charge in [-0.2, -0.15) is 4.31 Å². The van der Waals surface area contributed by atoms with Gasteiger partial charge in [0, 0.05) is 24.8 Å². The van der Waals surface area contributed by atoms with E-state index in [0.717, 1.165) is 25.7 Å². The first-order valence-electron chi connectivity index (χ1n) is 11.2. The predicted molar refractivity (Wildman–Crippen MR) is 129 cm³/mol. The third-order valence-corrected chi connectivity index (χ3v) is 7.53. The van der Waals surface area contributed by atoms with Gasteiger partial charge in [0.25, 0.3) is 5.91 Å². The number of anilines is 1. The van der Waals surface area contributed by atoms with Crippen LogP contribution in [0.5, 0.6) is 17.4 Å². The number of hydrogen-bond donors (Lipinski definition) is 1. The van der Waals surface area contributed by atoms with Gasteiger partial charge in [-0.1, -0.05) is 12.8 Å². The second kappa shape index (κ2) is 10.7. The lowest BCUT2D eigenvalue weighted by Gasteiger charge is -2.20. The molecule has 9 heteroatoms. The molecule has 34 heavy (non-hydrogen) atoms. The van der Waals surface area contributed by atoms with Gasteiger partial charge >= 0.3 is 0 Å². The third-order valence-electron chi connectivity index (χ3n) is 5.61. The standard InChI is InChI=1S/C25H27N3O5S/c1-32-20-10-12-21(13-11-20)33-25-23(7-6-16-26-25)27-24(29)19-8-14-22(15-9-19)34(30,31)28-17-4-2-3-5-18-28/h6-16H,2-5,17-18H2,1H3,(H,27,29). The SMILES string of the molecule is COc1ccc(Oc2ncccc2NC(=O)c2ccc(S(=O)(=O)N3CCCCCC3)cc2)cc1. The maximum Gasteiger partial charge on any atom is 0.255 e. The van der Waals surface area contributed by atoms with Crippen molar-refractivity contribution in [2.75, 3.05) is 25.5 Å². The van der Waals surface area contributed by atoms with Gasteiger partial charge in [0.15, 0.2) is 0 Å². The van der Waals surface area contributed by atoms with E-state index in [-0.39, 0.29) is 10.8 Å². The van der Waals surface area contributed by atoms with Crippen LogP contribution in [0.2, 0.25) is 0 Å². The summed E-state index contributed by atoms with van der Waals surface area (Å²) in [6.07, 6.45) is 5.39. The van der Waals surface area contributed by atoms with Crippen LogP contribution in [0, 0.1) is 0 Å². The zero-order valence-electron chi connectivity index (χ0n) is 18.9. The van der Waals surface area contributed by atoms with Crippen molar-refractivity contribution in [1.29, 1.82) is 0 Å². The summed E-state index contributed by atoms with van der Waals surface area (Å²) in [6, 6.07) is 16.4. The zero-order chi connectivity index (χ0) is 24.0. The second-order valence-corrected chi connectivity index (χ2v) is 9.87. The Hall–Kier alpha value is -3.43. The molecule has 2 heterocycles. The fourth-order valence-electron chi connectivity index (χ4n) is 3.73. The molecule has 1 aromatic heterocycles. The van der Waals surface area contributed by atoms with Crippen molar-refractivity contribution >= 4 is 21.6 Å². The number of methoxy groups -OCH3 is 1. The van der Waals surface area contributed by atoms with Gasteiger partial charge < -0.3 is 14.8 Å². The highest BCUT2D eigenvalue weighted by Gasteiger charge is 2.25. The molecule has 2 aromatic carbocycles. The van der Waals surface area contributed by atoms with Gasteiger partial charge in [0.1, 0.15) is 17.2 Å². The molecule has 1 fully saturated rings. The van der Waals surface area contributed by atoms with E-state index >= 15 is 0 Å². The van der Waals surface area contributed by atoms with Crippen LogP contribution in [-0.2, 0) is 10.0 Å². The largest absolute Gasteiger partial charge is 0.497 e. The van der Waals surface area contributed by atoms with Gasteiger partial charge in [-0.3, -0.25) is 4.79 Å². The Balaban J connectivity index is 1.47. The molecule has 4 rings (SSSR count). The molecule has 3 aromatic rings. The lowest BCUT2D eigenvalue weighted by molar-refractivity contribution is 0.102. The highest BCUT2D eigenvalue weighted by molar-refractivity contribution is 7.89. The molecule has 1 N–H and O–H groups in total. The van der Waals surface area contributed by atoms with E-state index < -0.39 is 15.9 Å². The first-order chi connectivity index (χ1) is 16.5. The zero-order valence-corrected chi connectivity index (χ0v) is 19.8. The molecule has 0 radical (unpaired) electrons. The topological polar surface area (TPSA) is 97.8 Å². The van der Waals surface area contributed by atoms with E-state index in [1.807, 2.05) is 0 Å². The first kappa shape index (κ1) is 23.7. The van der Waals surface area contributed by atoms with Crippen LogP contribution in [0.25, 0.3) is 0 Å². The maximum atomic E-state index is 13.0. The molecule has 0 saturated carbocycles. The average molecular weight is 482 g/mol. The van der Waals surface area contributed by atoms with E-state index in [1.165, 1.54) is 28.6 Å². The van der Waals surface area contributed by atoms with Gasteiger partial charge in [-0.25, -0.2) is 13.4 Å². The first-order valence-corrected chi connectivity index (χ1v) is 12.6. The Morgan fingerprint density at radius 2 is 1.56 bits per heavy atom. The Morgan fingerprint density at radius 1 is 0.912 bits per heavy atom. The van der Waals surface area contributed by atoms with Crippen LogP contribution in [0.3, 0.4) is 0 Å². The van der Waals surface area contributed by atoms with E-state index in [9.17, 15) is 13.2 Å². The summed E-state index contributed by atoms with van der Waals surface area (Å²) < 4.78 is 38.4. The summed E-state index contributed by atoms with van der Waals surface area (Å²) in [7, 11) is -1.99. The quantitative estimate of drug-likeness (QED) is 0.525. The van der Waals surface area contributed by atoms with Gasteiger partial charge in [-0.15, -0.1) is 0 Å². The molecule has 0 atom stereocenters. The highest BCUT2D eigenvalue weighted by Crippen LogP contribution is 2.28. The summed E-state index contributed by atoms with van der Waals surface area (Å²) >= 11 is 0. The number of nitrogens with one attached hydrogen (secondary N) is 1. The molecular weight excluding hydrogens is 454 g/mol. The van der Waals surface area contributed by atoms with Crippen molar-refractivity contribution in [2.24, 2.45) is 0 Å². The van der Waals surface area contributed by atoms with Crippen molar-refractivity contribution < 1.29 is 22.7 Å². The number of sulfonamides is 1. The number of carbonyl (C=O) groups excluding carboxylic acids is 1. The van der Waals surface area contributed by atoms with Gasteiger partial charge in [-0.05, 0) is 73.5 Å². The summed E-state index contributed by atoms with van der Waals surface area (Å²) in [4.78, 5) is 17.2. The molecule has 1 amide bonds. The molecule has 1 saturated heterocycles. The predicted octanol–water partition coefficient (Wildman–Crippen LogP) is 4.70. The number of amides is 1. The molecule has 178 valence electrons. The number of benzene rings is 2. The number of rotatable bonds is 7. The number of carbonyl (C=O) groups is 1. The maximum absolute atomic E-state index is 13.0. The van der Waals surface area contributed by atoms with Crippen molar-refractivity contribution in [3.05, 3.63) is 72.4 Å². The number of hydrogen-bond acceptors (Lipinski definition) is 6. The minimum atomic E-state index is -3.57. The van der Waals surface area contributed by atoms with Crippen molar-refractivity contribution in [1.82, 2.24) is 9.29 Å². The lowest BCUT2D eigenvalue weighted by Crippen LogP contribution is -2.31. The van der Waals surface area contributed by atoms with Crippen LogP contribution < -0.4 is 14.8 Å². The fraction of sp³-hybridized carbons (Fsp3) is 0.280. The molecule has 0 bridgehead atoms. The molecule has 1 aliphatic rings. The second-order valence-electron chi connectivity index (χ2n) is 7.93. The van der Waals surface area contributed by atoms with Crippen LogP contribution >= 0.6 is 0 Å². The molecule has 0 spiro atoms. The number of ether oxygens (including phenoxy) is 2. The lowest BCUT2D eigenvalue weighted by atomic mass is 10.2. The number of aromatic nitrogens is 1. The Bertz CT molecular complexity index is 1220. The van der Waals surface area contributed by atoms with Crippen LogP contribution in [0.15, 0.2) is 71.8 Å². The van der Waals surface area contributed by atoms with E-state index in [1.54, 1.807) is 49.7 Å². The van der Waals surface area contributed by atoms with Crippen molar-refractivity contribution in [3.63, 3.8) is 0 Å². The smallest absolute Gasteiger partial charge is 0.255 e. The van der Waals surface area contributed by atoms with Crippen molar-refractivity contribution in [2.45, 2.75) is 30.6 Å². The van der Waals surface area contributed by atoms with Gasteiger partial charge in [0.2, 0.25) is 15.9 Å². The Labute approximate surface area is 199 Å². The summed E-state index contributed by atoms with van der Waals surface area (Å²) in [5.41, 5.74) is 0.721. The van der Waals surface area contributed by atoms with Crippen LogP contribution in [0.4, 0.5) is 5.69 Å². The minimum absolute atomic E-state index is 0.191. The van der Waals surface area contributed by atoms with Crippen LogP contribution in [-0.4, -0.2) is 43.8 Å². The third kappa shape index (κ3) is 5.55. The van der Waals surface area contributed by atoms with Gasteiger partial charge in [0.05, 0.1) is 12.0 Å². The van der Waals surface area contributed by atoms with Crippen LogP contribution in [0.1, 0.15) is 36.0 Å². The van der Waals surface area contributed by atoms with E-state index in [2.05, 4.69) is 10.3 Å². The molecule has 8 nitrogen and oxygen atoms in total. The van der Waals surface area contributed by atoms with E-state index in [0.29, 0.717) is 35.8 Å². The number of nitrogens with zero attached hydrogens (tertiary/aromatic N) is 2. The fourth-order valence-corrected chi connectivity index (χ4v) is 5.24. The monoisotopic (exact) mass is 481 g/mol. The Kier molecular flexibility index (Phi) is 7.44. The van der Waals surface area contributed by atoms with Crippen molar-refractivity contribution in [3.8, 4) is 17.4 Å².